The van der Waals surface area contributed by atoms with Crippen LogP contribution in [0.15, 0.2) is 29.4 Å². The lowest BCUT2D eigenvalue weighted by Crippen LogP contribution is -2.45. The molecular weight excluding hydrogens is 415 g/mol. The van der Waals surface area contributed by atoms with Crippen molar-refractivity contribution >= 4 is 40.8 Å². The van der Waals surface area contributed by atoms with Gasteiger partial charge in [0.05, 0.1) is 5.60 Å². The molecule has 0 aliphatic rings. The highest BCUT2D eigenvalue weighted by molar-refractivity contribution is 14.0. The highest BCUT2D eigenvalue weighted by Gasteiger charge is 2.16. The number of ether oxygens (including phenoxy) is 1. The van der Waals surface area contributed by atoms with E-state index in [0.29, 0.717) is 6.54 Å². The van der Waals surface area contributed by atoms with E-state index in [9.17, 15) is 0 Å². The second-order valence-corrected chi connectivity index (χ2v) is 6.43. The molecule has 2 rings (SSSR count). The van der Waals surface area contributed by atoms with Gasteiger partial charge in [0.1, 0.15) is 0 Å². The summed E-state index contributed by atoms with van der Waals surface area (Å²) in [7, 11) is 3.50. The van der Waals surface area contributed by atoms with Crippen LogP contribution in [0, 0.1) is 6.92 Å². The van der Waals surface area contributed by atoms with Gasteiger partial charge in [0, 0.05) is 44.3 Å². The first-order chi connectivity index (χ1) is 10.9. The van der Waals surface area contributed by atoms with E-state index in [1.165, 1.54) is 22.0 Å². The standard InChI is InChI=1S/C18H28N4O.HI/c1-13-6-7-15-14(11-21-16(15)10-13)8-9-20-17(19-4)22-12-18(2,3)23-5;/h6-7,10-11,21H,8-9,12H2,1-5H3,(H2,19,20,22);1H. The first-order valence-electron chi connectivity index (χ1n) is 8.01. The SMILES string of the molecule is CN=C(NCCc1c[nH]c2cc(C)ccc12)NCC(C)(C)OC.I. The maximum absolute atomic E-state index is 5.40. The van der Waals surface area contributed by atoms with Crippen LogP contribution in [-0.2, 0) is 11.2 Å². The van der Waals surface area contributed by atoms with Crippen molar-refractivity contribution in [3.8, 4) is 0 Å². The van der Waals surface area contributed by atoms with Crippen molar-refractivity contribution in [3.63, 3.8) is 0 Å². The van der Waals surface area contributed by atoms with E-state index in [2.05, 4.69) is 51.9 Å². The van der Waals surface area contributed by atoms with Crippen molar-refractivity contribution in [1.29, 1.82) is 0 Å². The maximum atomic E-state index is 5.40. The Balaban J connectivity index is 0.00000288. The van der Waals surface area contributed by atoms with Crippen LogP contribution in [-0.4, -0.2) is 43.8 Å². The molecule has 2 aromatic rings. The fraction of sp³-hybridized carbons (Fsp3) is 0.500. The number of hydrogen-bond acceptors (Lipinski definition) is 2. The quantitative estimate of drug-likeness (QED) is 0.364. The zero-order valence-corrected chi connectivity index (χ0v) is 17.5. The highest BCUT2D eigenvalue weighted by atomic mass is 127. The molecule has 0 amide bonds. The molecular formula is C18H29IN4O. The average molecular weight is 444 g/mol. The monoisotopic (exact) mass is 444 g/mol. The summed E-state index contributed by atoms with van der Waals surface area (Å²) < 4.78 is 5.40. The van der Waals surface area contributed by atoms with Gasteiger partial charge in [-0.05, 0) is 44.4 Å². The molecule has 0 saturated carbocycles. The normalized spacial score (nSPS) is 12.1. The molecule has 1 heterocycles. The van der Waals surface area contributed by atoms with Crippen LogP contribution in [0.1, 0.15) is 25.0 Å². The second-order valence-electron chi connectivity index (χ2n) is 6.43. The molecule has 1 aromatic heterocycles. The molecule has 0 radical (unpaired) electrons. The third kappa shape index (κ3) is 5.66. The molecule has 1 aromatic carbocycles. The van der Waals surface area contributed by atoms with Crippen molar-refractivity contribution in [1.82, 2.24) is 15.6 Å². The molecule has 0 saturated heterocycles. The summed E-state index contributed by atoms with van der Waals surface area (Å²) in [5.41, 5.74) is 3.57. The minimum Gasteiger partial charge on any atom is -0.377 e. The van der Waals surface area contributed by atoms with Crippen molar-refractivity contribution in [2.45, 2.75) is 32.8 Å². The summed E-state index contributed by atoms with van der Waals surface area (Å²) in [5.74, 6) is 0.797. The molecule has 0 bridgehead atoms. The van der Waals surface area contributed by atoms with Crippen LogP contribution in [0.2, 0.25) is 0 Å². The number of aliphatic imine (C=N–C) groups is 1. The average Bonchev–Trinajstić information content (AvgIpc) is 2.92. The number of aryl methyl sites for hydroxylation is 1. The van der Waals surface area contributed by atoms with E-state index in [-0.39, 0.29) is 29.6 Å². The zero-order valence-electron chi connectivity index (χ0n) is 15.2. The van der Waals surface area contributed by atoms with Crippen molar-refractivity contribution in [3.05, 3.63) is 35.5 Å². The van der Waals surface area contributed by atoms with Crippen LogP contribution in [0.5, 0.6) is 0 Å². The first kappa shape index (κ1) is 20.8. The maximum Gasteiger partial charge on any atom is 0.191 e. The summed E-state index contributed by atoms with van der Waals surface area (Å²) in [6, 6.07) is 6.52. The molecule has 0 spiro atoms. The molecule has 6 heteroatoms. The molecule has 5 nitrogen and oxygen atoms in total. The number of benzene rings is 1. The van der Waals surface area contributed by atoms with Gasteiger partial charge in [-0.3, -0.25) is 4.99 Å². The number of nitrogens with zero attached hydrogens (tertiary/aromatic N) is 1. The summed E-state index contributed by atoms with van der Waals surface area (Å²) in [5, 5.41) is 7.93. The van der Waals surface area contributed by atoms with Crippen molar-refractivity contribution in [2.75, 3.05) is 27.2 Å². The summed E-state index contributed by atoms with van der Waals surface area (Å²) in [4.78, 5) is 7.59. The Morgan fingerprint density at radius 1 is 1.29 bits per heavy atom. The Bertz CT molecular complexity index is 679. The fourth-order valence-corrected chi connectivity index (χ4v) is 2.41. The van der Waals surface area contributed by atoms with E-state index in [1.807, 2.05) is 13.8 Å². The summed E-state index contributed by atoms with van der Waals surface area (Å²) in [6.45, 7) is 7.73. The molecule has 3 N–H and O–H groups in total. The largest absolute Gasteiger partial charge is 0.377 e. The van der Waals surface area contributed by atoms with Crippen LogP contribution < -0.4 is 10.6 Å². The van der Waals surface area contributed by atoms with E-state index in [4.69, 9.17) is 4.74 Å². The minimum absolute atomic E-state index is 0. The van der Waals surface area contributed by atoms with Gasteiger partial charge in [0.25, 0.3) is 0 Å². The molecule has 0 fully saturated rings. The molecule has 0 unspecified atom stereocenters. The summed E-state index contributed by atoms with van der Waals surface area (Å²) >= 11 is 0. The molecule has 134 valence electrons. The Morgan fingerprint density at radius 3 is 2.71 bits per heavy atom. The Labute approximate surface area is 161 Å². The second kappa shape index (κ2) is 9.27. The minimum atomic E-state index is -0.216. The highest BCUT2D eigenvalue weighted by Crippen LogP contribution is 2.19. The lowest BCUT2D eigenvalue weighted by atomic mass is 10.1. The zero-order chi connectivity index (χ0) is 16.9. The Morgan fingerprint density at radius 2 is 2.04 bits per heavy atom. The number of halogens is 1. The molecule has 0 aliphatic carbocycles. The number of nitrogens with one attached hydrogen (secondary N) is 3. The van der Waals surface area contributed by atoms with E-state index < -0.39 is 0 Å². The number of methoxy groups -OCH3 is 1. The number of H-pyrrole nitrogens is 1. The Hall–Kier alpha value is -1.28. The lowest BCUT2D eigenvalue weighted by molar-refractivity contribution is 0.0268. The van der Waals surface area contributed by atoms with Gasteiger partial charge in [-0.2, -0.15) is 0 Å². The molecule has 24 heavy (non-hydrogen) atoms. The van der Waals surface area contributed by atoms with Crippen LogP contribution in [0.3, 0.4) is 0 Å². The first-order valence-corrected chi connectivity index (χ1v) is 8.01. The van der Waals surface area contributed by atoms with Gasteiger partial charge in [-0.1, -0.05) is 12.1 Å². The fourth-order valence-electron chi connectivity index (χ4n) is 2.41. The van der Waals surface area contributed by atoms with Crippen molar-refractivity contribution < 1.29 is 4.74 Å². The number of aromatic nitrogens is 1. The van der Waals surface area contributed by atoms with E-state index in [1.54, 1.807) is 14.2 Å². The van der Waals surface area contributed by atoms with Gasteiger partial charge in [0.15, 0.2) is 5.96 Å². The number of aromatic amines is 1. The van der Waals surface area contributed by atoms with Gasteiger partial charge < -0.3 is 20.4 Å². The van der Waals surface area contributed by atoms with E-state index >= 15 is 0 Å². The summed E-state index contributed by atoms with van der Waals surface area (Å²) in [6.07, 6.45) is 3.04. The Kier molecular flexibility index (Phi) is 8.02. The van der Waals surface area contributed by atoms with Crippen LogP contribution >= 0.6 is 24.0 Å². The topological polar surface area (TPSA) is 61.4 Å². The van der Waals surface area contributed by atoms with Crippen LogP contribution in [0.4, 0.5) is 0 Å². The van der Waals surface area contributed by atoms with Gasteiger partial charge in [0.2, 0.25) is 0 Å². The predicted molar refractivity (Wildman–Crippen MR) is 113 cm³/mol. The third-order valence-corrected chi connectivity index (χ3v) is 4.07. The van der Waals surface area contributed by atoms with Gasteiger partial charge in [-0.15, -0.1) is 24.0 Å². The smallest absolute Gasteiger partial charge is 0.191 e. The molecule has 0 aliphatic heterocycles. The van der Waals surface area contributed by atoms with Crippen LogP contribution in [0.25, 0.3) is 10.9 Å². The van der Waals surface area contributed by atoms with E-state index in [0.717, 1.165) is 18.9 Å². The number of rotatable bonds is 6. The number of hydrogen-bond donors (Lipinski definition) is 3. The number of guanidine groups is 1. The van der Waals surface area contributed by atoms with Gasteiger partial charge >= 0.3 is 0 Å². The predicted octanol–water partition coefficient (Wildman–Crippen LogP) is 3.23. The number of fused-ring (bicyclic) bond motifs is 1. The lowest BCUT2D eigenvalue weighted by Gasteiger charge is -2.24. The van der Waals surface area contributed by atoms with Gasteiger partial charge in [-0.25, -0.2) is 0 Å². The molecule has 0 atom stereocenters. The van der Waals surface area contributed by atoms with Crippen molar-refractivity contribution in [2.24, 2.45) is 4.99 Å². The third-order valence-electron chi connectivity index (χ3n) is 4.07.